The molecular weight excluding hydrogens is 323 g/mol. The van der Waals surface area contributed by atoms with Crippen molar-refractivity contribution in [1.29, 1.82) is 5.26 Å². The zero-order valence-corrected chi connectivity index (χ0v) is 13.2. The molecule has 2 aromatic carbocycles. The summed E-state index contributed by atoms with van der Waals surface area (Å²) in [5.41, 5.74) is 1.31. The van der Waals surface area contributed by atoms with Gasteiger partial charge in [-0.15, -0.1) is 11.3 Å². The lowest BCUT2D eigenvalue weighted by Crippen LogP contribution is -1.98. The third kappa shape index (κ3) is 2.84. The lowest BCUT2D eigenvalue weighted by molar-refractivity contribution is 1.19. The molecule has 1 aromatic heterocycles. The summed E-state index contributed by atoms with van der Waals surface area (Å²) in [7, 11) is 0. The number of benzene rings is 2. The van der Waals surface area contributed by atoms with Crippen molar-refractivity contribution in [2.24, 2.45) is 0 Å². The lowest BCUT2D eigenvalue weighted by atomic mass is 10.2. The Morgan fingerprint density at radius 1 is 1.14 bits per heavy atom. The van der Waals surface area contributed by atoms with Crippen LogP contribution in [0.4, 0.5) is 5.69 Å². The van der Waals surface area contributed by atoms with Gasteiger partial charge in [-0.25, -0.2) is 0 Å². The van der Waals surface area contributed by atoms with Crippen molar-refractivity contribution in [3.8, 4) is 6.07 Å². The Morgan fingerprint density at radius 3 is 2.71 bits per heavy atom. The number of nitrogens with zero attached hydrogens (tertiary/aromatic N) is 1. The highest BCUT2D eigenvalue weighted by atomic mass is 35.5. The van der Waals surface area contributed by atoms with E-state index in [1.54, 1.807) is 23.5 Å². The predicted octanol–water partition coefficient (Wildman–Crippen LogP) is 5.69. The van der Waals surface area contributed by atoms with E-state index in [1.165, 1.54) is 4.70 Å². The zero-order valence-electron chi connectivity index (χ0n) is 10.9. The van der Waals surface area contributed by atoms with Crippen LogP contribution in [0.5, 0.6) is 0 Å². The maximum Gasteiger partial charge on any atom is 0.101 e. The molecule has 5 heteroatoms. The average molecular weight is 333 g/mol. The fraction of sp³-hybridized carbons (Fsp3) is 0.0625. The molecular formula is C16H10Cl2N2S. The van der Waals surface area contributed by atoms with Crippen LogP contribution in [0.25, 0.3) is 10.1 Å². The molecule has 0 unspecified atom stereocenters. The van der Waals surface area contributed by atoms with E-state index in [4.69, 9.17) is 28.5 Å². The molecule has 0 aliphatic heterocycles. The zero-order chi connectivity index (χ0) is 14.8. The van der Waals surface area contributed by atoms with E-state index in [9.17, 15) is 0 Å². The molecule has 0 radical (unpaired) electrons. The van der Waals surface area contributed by atoms with Crippen molar-refractivity contribution in [2.45, 2.75) is 6.54 Å². The van der Waals surface area contributed by atoms with E-state index in [1.807, 2.05) is 24.3 Å². The van der Waals surface area contributed by atoms with Crippen LogP contribution < -0.4 is 5.32 Å². The SMILES string of the molecule is N#Cc1cc(NCc2sc3ccccc3c2Cl)ccc1Cl. The topological polar surface area (TPSA) is 35.8 Å². The third-order valence-electron chi connectivity index (χ3n) is 3.14. The molecule has 0 fully saturated rings. The molecule has 1 heterocycles. The van der Waals surface area contributed by atoms with E-state index in [0.29, 0.717) is 17.1 Å². The number of fused-ring (bicyclic) bond motifs is 1. The molecule has 0 saturated heterocycles. The van der Waals surface area contributed by atoms with Gasteiger partial charge in [-0.3, -0.25) is 0 Å². The van der Waals surface area contributed by atoms with Gasteiger partial charge >= 0.3 is 0 Å². The van der Waals surface area contributed by atoms with E-state index < -0.39 is 0 Å². The van der Waals surface area contributed by atoms with Crippen LogP contribution in [0.1, 0.15) is 10.4 Å². The van der Waals surface area contributed by atoms with Crippen molar-refractivity contribution in [1.82, 2.24) is 0 Å². The first-order valence-electron chi connectivity index (χ1n) is 6.28. The molecule has 0 aliphatic carbocycles. The van der Waals surface area contributed by atoms with Crippen molar-refractivity contribution in [3.05, 3.63) is 63.0 Å². The molecule has 0 spiro atoms. The molecule has 2 nitrogen and oxygen atoms in total. The van der Waals surface area contributed by atoms with Crippen LogP contribution in [-0.2, 0) is 6.54 Å². The van der Waals surface area contributed by atoms with Crippen molar-refractivity contribution in [3.63, 3.8) is 0 Å². The number of hydrogen-bond acceptors (Lipinski definition) is 3. The highest BCUT2D eigenvalue weighted by Gasteiger charge is 2.09. The van der Waals surface area contributed by atoms with Gasteiger partial charge in [-0.2, -0.15) is 5.26 Å². The first kappa shape index (κ1) is 14.2. The maximum absolute atomic E-state index is 8.99. The van der Waals surface area contributed by atoms with Crippen LogP contribution in [0.15, 0.2) is 42.5 Å². The maximum atomic E-state index is 8.99. The van der Waals surface area contributed by atoms with Crippen molar-refractivity contribution >= 4 is 50.3 Å². The van der Waals surface area contributed by atoms with Crippen LogP contribution in [0.2, 0.25) is 10.0 Å². The minimum atomic E-state index is 0.461. The molecule has 1 N–H and O–H groups in total. The summed E-state index contributed by atoms with van der Waals surface area (Å²) in [5, 5.41) is 14.6. The first-order valence-corrected chi connectivity index (χ1v) is 7.85. The largest absolute Gasteiger partial charge is 0.380 e. The number of thiophene rings is 1. The van der Waals surface area contributed by atoms with Gasteiger partial charge in [0.1, 0.15) is 6.07 Å². The van der Waals surface area contributed by atoms with Crippen molar-refractivity contribution < 1.29 is 0 Å². The Hall–Kier alpha value is -1.73. The fourth-order valence-electron chi connectivity index (χ4n) is 2.08. The molecule has 3 rings (SSSR count). The van der Waals surface area contributed by atoms with Gasteiger partial charge in [0.25, 0.3) is 0 Å². The van der Waals surface area contributed by atoms with Crippen LogP contribution in [0, 0.1) is 11.3 Å². The van der Waals surface area contributed by atoms with Gasteiger partial charge in [0.05, 0.1) is 22.2 Å². The molecule has 0 saturated carbocycles. The van der Waals surface area contributed by atoms with Gasteiger partial charge in [0, 0.05) is 20.7 Å². The summed E-state index contributed by atoms with van der Waals surface area (Å²) in [6.07, 6.45) is 0. The number of halogens is 2. The second-order valence-electron chi connectivity index (χ2n) is 4.50. The molecule has 3 aromatic rings. The summed E-state index contributed by atoms with van der Waals surface area (Å²) in [6, 6.07) is 15.4. The Kier molecular flexibility index (Phi) is 4.03. The standard InChI is InChI=1S/C16H10Cl2N2S/c17-13-6-5-11(7-10(13)8-19)20-9-15-16(18)12-3-1-2-4-14(12)21-15/h1-7,20H,9H2. The second kappa shape index (κ2) is 5.95. The number of rotatable bonds is 3. The Morgan fingerprint density at radius 2 is 1.95 bits per heavy atom. The highest BCUT2D eigenvalue weighted by molar-refractivity contribution is 7.19. The van der Waals surface area contributed by atoms with Crippen LogP contribution >= 0.6 is 34.5 Å². The van der Waals surface area contributed by atoms with Gasteiger partial charge in [0.2, 0.25) is 0 Å². The first-order chi connectivity index (χ1) is 10.2. The summed E-state index contributed by atoms with van der Waals surface area (Å²) in [5.74, 6) is 0. The minimum Gasteiger partial charge on any atom is -0.380 e. The van der Waals surface area contributed by atoms with E-state index >= 15 is 0 Å². The van der Waals surface area contributed by atoms with E-state index in [0.717, 1.165) is 21.0 Å². The monoisotopic (exact) mass is 332 g/mol. The summed E-state index contributed by atoms with van der Waals surface area (Å²) in [6.45, 7) is 0.616. The number of hydrogen-bond donors (Lipinski definition) is 1. The lowest BCUT2D eigenvalue weighted by Gasteiger charge is -2.06. The summed E-state index contributed by atoms with van der Waals surface area (Å²) in [4.78, 5) is 1.08. The summed E-state index contributed by atoms with van der Waals surface area (Å²) < 4.78 is 1.17. The van der Waals surface area contributed by atoms with E-state index in [-0.39, 0.29) is 0 Å². The number of nitrogens with one attached hydrogen (secondary N) is 1. The Bertz CT molecular complexity index is 849. The predicted molar refractivity (Wildman–Crippen MR) is 90.3 cm³/mol. The van der Waals surface area contributed by atoms with Gasteiger partial charge in [-0.1, -0.05) is 41.4 Å². The third-order valence-corrected chi connectivity index (χ3v) is 5.19. The Labute approximate surface area is 136 Å². The molecule has 0 bridgehead atoms. The molecule has 0 atom stereocenters. The number of nitriles is 1. The van der Waals surface area contributed by atoms with Crippen LogP contribution in [-0.4, -0.2) is 0 Å². The van der Waals surface area contributed by atoms with Gasteiger partial charge in [-0.05, 0) is 24.3 Å². The van der Waals surface area contributed by atoms with Crippen LogP contribution in [0.3, 0.4) is 0 Å². The smallest absolute Gasteiger partial charge is 0.101 e. The van der Waals surface area contributed by atoms with Crippen molar-refractivity contribution in [2.75, 3.05) is 5.32 Å². The number of anilines is 1. The summed E-state index contributed by atoms with van der Waals surface area (Å²) >= 11 is 14.0. The minimum absolute atomic E-state index is 0.461. The molecule has 104 valence electrons. The van der Waals surface area contributed by atoms with E-state index in [2.05, 4.69) is 17.5 Å². The second-order valence-corrected chi connectivity index (χ2v) is 6.42. The quantitative estimate of drug-likeness (QED) is 0.668. The fourth-order valence-corrected chi connectivity index (χ4v) is 3.68. The van der Waals surface area contributed by atoms with Gasteiger partial charge in [0.15, 0.2) is 0 Å². The normalized spacial score (nSPS) is 10.5. The Balaban J connectivity index is 1.84. The van der Waals surface area contributed by atoms with Gasteiger partial charge < -0.3 is 5.32 Å². The molecule has 0 aliphatic rings. The molecule has 21 heavy (non-hydrogen) atoms. The average Bonchev–Trinajstić information content (AvgIpc) is 2.83. The molecule has 0 amide bonds. The highest BCUT2D eigenvalue weighted by Crippen LogP contribution is 2.35.